The molecule has 0 aliphatic heterocycles. The van der Waals surface area contributed by atoms with E-state index >= 15 is 0 Å². The van der Waals surface area contributed by atoms with E-state index in [0.717, 1.165) is 0 Å². The van der Waals surface area contributed by atoms with Gasteiger partial charge in [0.05, 0.1) is 0 Å². The van der Waals surface area contributed by atoms with Gasteiger partial charge in [-0.1, -0.05) is 60.7 Å². The first-order valence-electron chi connectivity index (χ1n) is 5.62. The van der Waals surface area contributed by atoms with Crippen LogP contribution in [-0.2, 0) is 15.3 Å². The summed E-state index contributed by atoms with van der Waals surface area (Å²) < 4.78 is 0. The molecule has 0 unspecified atom stereocenters. The molecule has 2 rings (SSSR count). The Morgan fingerprint density at radius 1 is 0.750 bits per heavy atom. The van der Waals surface area contributed by atoms with Gasteiger partial charge in [0, 0.05) is 11.1 Å². The van der Waals surface area contributed by atoms with Crippen LogP contribution in [0.5, 0.6) is 0 Å². The average molecular weight is 258 g/mol. The molecule has 5 heteroatoms. The Morgan fingerprint density at radius 2 is 1.10 bits per heavy atom. The molecule has 0 radical (unpaired) electrons. The third-order valence-electron chi connectivity index (χ3n) is 2.77. The first-order chi connectivity index (χ1) is 9.33. The zero-order valence-electron chi connectivity index (χ0n) is 12.0. The fourth-order valence-electron chi connectivity index (χ4n) is 1.92. The summed E-state index contributed by atoms with van der Waals surface area (Å²) in [6.07, 6.45) is 2.99. The fraction of sp³-hybridized carbons (Fsp3) is 0.0667. The summed E-state index contributed by atoms with van der Waals surface area (Å²) in [5.41, 5.74) is -0.202. The van der Waals surface area contributed by atoms with Gasteiger partial charge in [0.15, 0.2) is 0 Å². The minimum atomic E-state index is -1.41. The van der Waals surface area contributed by atoms with Crippen LogP contribution >= 0.6 is 0 Å². The van der Waals surface area contributed by atoms with Crippen molar-refractivity contribution in [2.24, 2.45) is 9.98 Å². The minimum absolute atomic E-state index is 0. The van der Waals surface area contributed by atoms with Crippen LogP contribution in [0.3, 0.4) is 0 Å². The zero-order chi connectivity index (χ0) is 13.6. The molecule has 0 amide bonds. The molecule has 94 valence electrons. The molecule has 0 spiro atoms. The molecule has 2 aromatic rings. The topological polar surface area (TPSA) is 58.9 Å². The van der Waals surface area contributed by atoms with Crippen LogP contribution in [0.2, 0.25) is 0 Å². The van der Waals surface area contributed by atoms with Crippen molar-refractivity contribution in [2.75, 3.05) is 0 Å². The molecule has 0 saturated carbocycles. The summed E-state index contributed by atoms with van der Waals surface area (Å²) in [6, 6.07) is 17.8. The fourth-order valence-corrected chi connectivity index (χ4v) is 1.92. The Labute approximate surface area is 129 Å². The number of nitrogens with zero attached hydrogens (tertiary/aromatic N) is 2. The Morgan fingerprint density at radius 3 is 1.40 bits per heavy atom. The molecule has 20 heavy (non-hydrogen) atoms. The molecule has 0 atom stereocenters. The van der Waals surface area contributed by atoms with Crippen molar-refractivity contribution in [3.05, 3.63) is 71.8 Å². The summed E-state index contributed by atoms with van der Waals surface area (Å²) in [5.74, 6) is 0. The number of carbonyl (C=O) groups excluding carboxylic acids is 2. The summed E-state index contributed by atoms with van der Waals surface area (Å²) in [7, 11) is 0. The van der Waals surface area contributed by atoms with Gasteiger partial charge in [0.1, 0.15) is 0 Å². The molecule has 0 aromatic heterocycles. The molecular formula is C15H11LiN2O2. The Hall–Kier alpha value is -2.20. The van der Waals surface area contributed by atoms with E-state index < -0.39 is 5.66 Å². The maximum Gasteiger partial charge on any atom is 1.00 e. The number of hydrogen-bond donors (Lipinski definition) is 0. The summed E-state index contributed by atoms with van der Waals surface area (Å²) in [4.78, 5) is 29.0. The van der Waals surface area contributed by atoms with Crippen LogP contribution in [-0.4, -0.2) is 12.2 Å². The molecule has 0 heterocycles. The van der Waals surface area contributed by atoms with E-state index in [1.165, 1.54) is 12.2 Å². The maximum atomic E-state index is 10.8. The quantitative estimate of drug-likeness (QED) is 0.428. The minimum Gasteiger partial charge on any atom is -1.00 e. The maximum absolute atomic E-state index is 10.8. The van der Waals surface area contributed by atoms with Crippen LogP contribution in [0.25, 0.3) is 0 Å². The summed E-state index contributed by atoms with van der Waals surface area (Å²) in [6.45, 7) is 0. The van der Waals surface area contributed by atoms with Gasteiger partial charge >= 0.3 is 18.9 Å². The molecular weight excluding hydrogens is 247 g/mol. The molecule has 0 bridgehead atoms. The zero-order valence-corrected chi connectivity index (χ0v) is 11.0. The van der Waals surface area contributed by atoms with Gasteiger partial charge < -0.3 is 1.43 Å². The Kier molecular flexibility index (Phi) is 5.87. The van der Waals surface area contributed by atoms with E-state index in [1.54, 1.807) is 48.5 Å². The van der Waals surface area contributed by atoms with Crippen LogP contribution in [0, 0.1) is 0 Å². The monoisotopic (exact) mass is 258 g/mol. The van der Waals surface area contributed by atoms with E-state index in [2.05, 4.69) is 9.98 Å². The number of rotatable bonds is 4. The summed E-state index contributed by atoms with van der Waals surface area (Å²) in [5, 5.41) is 0. The standard InChI is InChI=1S/C15H10N2O2.Li.H/c18-11-16-15(17-12-19,13-7-3-1-4-8-13)14-9-5-2-6-10-14;;/h1-10H;;/q;+1;-1. The average Bonchev–Trinajstić information content (AvgIpc) is 2.49. The van der Waals surface area contributed by atoms with E-state index in [4.69, 9.17) is 0 Å². The van der Waals surface area contributed by atoms with Gasteiger partial charge in [-0.05, 0) is 0 Å². The van der Waals surface area contributed by atoms with Crippen LogP contribution in [0.1, 0.15) is 12.6 Å². The number of hydrogen-bond acceptors (Lipinski definition) is 4. The molecule has 0 N–H and O–H groups in total. The van der Waals surface area contributed by atoms with E-state index in [9.17, 15) is 9.59 Å². The predicted molar refractivity (Wildman–Crippen MR) is 71.0 cm³/mol. The SMILES string of the molecule is O=C=NC(N=C=O)(c1ccccc1)c1ccccc1.[H-].[Li+]. The number of isocyanates is 2. The van der Waals surface area contributed by atoms with Crippen molar-refractivity contribution in [1.82, 2.24) is 0 Å². The van der Waals surface area contributed by atoms with Gasteiger partial charge in [-0.3, -0.25) is 0 Å². The molecule has 0 saturated heterocycles. The van der Waals surface area contributed by atoms with E-state index in [0.29, 0.717) is 11.1 Å². The van der Waals surface area contributed by atoms with Crippen molar-refractivity contribution in [2.45, 2.75) is 5.66 Å². The molecule has 4 nitrogen and oxygen atoms in total. The van der Waals surface area contributed by atoms with Crippen LogP contribution < -0.4 is 18.9 Å². The normalized spacial score (nSPS) is 9.60. The molecule has 0 fully saturated rings. The predicted octanol–water partition coefficient (Wildman–Crippen LogP) is -0.324. The molecule has 2 aromatic carbocycles. The van der Waals surface area contributed by atoms with E-state index in [-0.39, 0.29) is 20.3 Å². The smallest absolute Gasteiger partial charge is 1.00 e. The van der Waals surface area contributed by atoms with Gasteiger partial charge in [-0.2, -0.15) is 9.98 Å². The van der Waals surface area contributed by atoms with Crippen molar-refractivity contribution in [1.29, 1.82) is 0 Å². The third-order valence-corrected chi connectivity index (χ3v) is 2.77. The van der Waals surface area contributed by atoms with Crippen LogP contribution in [0.4, 0.5) is 0 Å². The van der Waals surface area contributed by atoms with Crippen molar-refractivity contribution < 1.29 is 29.9 Å². The second kappa shape index (κ2) is 7.40. The largest absolute Gasteiger partial charge is 1.00 e. The third kappa shape index (κ3) is 3.03. The number of benzene rings is 2. The van der Waals surface area contributed by atoms with Crippen molar-refractivity contribution in [3.8, 4) is 0 Å². The van der Waals surface area contributed by atoms with Crippen molar-refractivity contribution in [3.63, 3.8) is 0 Å². The van der Waals surface area contributed by atoms with E-state index in [1.807, 2.05) is 12.1 Å². The van der Waals surface area contributed by atoms with Crippen molar-refractivity contribution >= 4 is 12.2 Å². The second-order valence-electron chi connectivity index (χ2n) is 3.81. The second-order valence-corrected chi connectivity index (χ2v) is 3.81. The van der Waals surface area contributed by atoms with Gasteiger partial charge in [0.2, 0.25) is 17.8 Å². The molecule has 0 aliphatic rings. The van der Waals surface area contributed by atoms with Gasteiger partial charge in [0.25, 0.3) is 0 Å². The Balaban J connectivity index is 0.00000200. The number of aliphatic imine (C=N–C) groups is 2. The van der Waals surface area contributed by atoms with Crippen LogP contribution in [0.15, 0.2) is 70.6 Å². The van der Waals surface area contributed by atoms with Gasteiger partial charge in [-0.15, -0.1) is 0 Å². The molecule has 0 aliphatic carbocycles. The van der Waals surface area contributed by atoms with Gasteiger partial charge in [-0.25, -0.2) is 9.59 Å². The Bertz CT molecular complexity index is 592. The summed E-state index contributed by atoms with van der Waals surface area (Å²) >= 11 is 0. The first kappa shape index (κ1) is 15.9. The first-order valence-corrected chi connectivity index (χ1v) is 5.62.